The zero-order chi connectivity index (χ0) is 10.6. The molecule has 0 fully saturated rings. The molecular formula is C11H15N3W. The Hall–Kier alpha value is -0.952. The molecule has 0 aliphatic heterocycles. The van der Waals surface area contributed by atoms with Crippen molar-refractivity contribution < 1.29 is 21.1 Å². The van der Waals surface area contributed by atoms with Gasteiger partial charge in [0.15, 0.2) is 0 Å². The molecule has 0 saturated heterocycles. The molecule has 0 heterocycles. The number of hydrogen-bond acceptors (Lipinski definition) is 3. The van der Waals surface area contributed by atoms with E-state index < -0.39 is 0 Å². The Morgan fingerprint density at radius 1 is 1.00 bits per heavy atom. The Morgan fingerprint density at radius 2 is 1.53 bits per heavy atom. The van der Waals surface area contributed by atoms with Crippen LogP contribution in [0.1, 0.15) is 19.8 Å². The molecule has 0 saturated carbocycles. The fourth-order valence-electron chi connectivity index (χ4n) is 1.05. The summed E-state index contributed by atoms with van der Waals surface area (Å²) in [6, 6.07) is 0. The van der Waals surface area contributed by atoms with Gasteiger partial charge in [0.25, 0.3) is 0 Å². The maximum atomic E-state index is 5.42. The standard InChI is InChI=1S/C6H8N.C5H7N2.W/c1-5-3-2-4-6(5)7;6-4-2-1-3-5(4)7;/h3H,2,7H2,1H3;2H,1,6-7H2;/q2*-1;+2. The Morgan fingerprint density at radius 3 is 1.67 bits per heavy atom. The van der Waals surface area contributed by atoms with Crippen molar-refractivity contribution in [2.75, 3.05) is 0 Å². The molecule has 0 bridgehead atoms. The molecule has 2 aliphatic rings. The van der Waals surface area contributed by atoms with Gasteiger partial charge in [0, 0.05) is 0 Å². The van der Waals surface area contributed by atoms with Crippen LogP contribution in [0.5, 0.6) is 0 Å². The van der Waals surface area contributed by atoms with Gasteiger partial charge in [-0.1, -0.05) is 0 Å². The Kier molecular flexibility index (Phi) is 6.10. The van der Waals surface area contributed by atoms with Gasteiger partial charge in [-0.15, -0.1) is 36.9 Å². The number of allylic oxidation sites excluding steroid dienone is 5. The molecule has 4 heteroatoms. The maximum absolute atomic E-state index is 5.42. The summed E-state index contributed by atoms with van der Waals surface area (Å²) in [7, 11) is 0. The third-order valence-electron chi connectivity index (χ3n) is 2.05. The fourth-order valence-corrected chi connectivity index (χ4v) is 1.05. The number of nitrogens with two attached hydrogens (primary N) is 3. The van der Waals surface area contributed by atoms with Gasteiger partial charge in [0.05, 0.1) is 0 Å². The minimum atomic E-state index is 0. The SMILES string of the molecule is CC1=CC[C-]=C1N.NC1=[C-]CC=C1N.[W+2]. The van der Waals surface area contributed by atoms with Crippen LogP contribution in [-0.4, -0.2) is 0 Å². The molecule has 0 aromatic heterocycles. The summed E-state index contributed by atoms with van der Waals surface area (Å²) < 4.78 is 0. The first-order valence-corrected chi connectivity index (χ1v) is 4.47. The summed E-state index contributed by atoms with van der Waals surface area (Å²) in [6.45, 7) is 2.00. The van der Waals surface area contributed by atoms with E-state index in [2.05, 4.69) is 18.2 Å². The van der Waals surface area contributed by atoms with Crippen LogP contribution >= 0.6 is 0 Å². The summed E-state index contributed by atoms with van der Waals surface area (Å²) in [6.07, 6.45) is 11.4. The molecule has 0 atom stereocenters. The Labute approximate surface area is 105 Å². The zero-order valence-corrected chi connectivity index (χ0v) is 11.6. The Bertz CT molecular complexity index is 272. The minimum absolute atomic E-state index is 0. The van der Waals surface area contributed by atoms with Crippen molar-refractivity contribution in [2.24, 2.45) is 17.2 Å². The van der Waals surface area contributed by atoms with Crippen molar-refractivity contribution in [1.29, 1.82) is 0 Å². The smallest absolute Gasteiger partial charge is 0.474 e. The minimum Gasteiger partial charge on any atom is -0.474 e. The van der Waals surface area contributed by atoms with Gasteiger partial charge >= 0.3 is 21.1 Å². The maximum Gasteiger partial charge on any atom is 2.00 e. The van der Waals surface area contributed by atoms with Gasteiger partial charge in [0.2, 0.25) is 0 Å². The third kappa shape index (κ3) is 4.39. The molecular weight excluding hydrogens is 358 g/mol. The summed E-state index contributed by atoms with van der Waals surface area (Å²) in [5, 5.41) is 0. The molecule has 80 valence electrons. The second kappa shape index (κ2) is 6.52. The first-order chi connectivity index (χ1) is 6.61. The molecule has 6 N–H and O–H groups in total. The third-order valence-corrected chi connectivity index (χ3v) is 2.05. The van der Waals surface area contributed by atoms with E-state index in [1.807, 2.05) is 13.0 Å². The van der Waals surface area contributed by atoms with Crippen LogP contribution in [0.25, 0.3) is 0 Å². The van der Waals surface area contributed by atoms with E-state index in [4.69, 9.17) is 17.2 Å². The van der Waals surface area contributed by atoms with Crippen molar-refractivity contribution in [1.82, 2.24) is 0 Å². The van der Waals surface area contributed by atoms with Gasteiger partial charge in [-0.2, -0.15) is 17.7 Å². The molecule has 0 aromatic carbocycles. The average molecular weight is 373 g/mol. The predicted molar refractivity (Wildman–Crippen MR) is 57.1 cm³/mol. The van der Waals surface area contributed by atoms with E-state index in [1.54, 1.807) is 0 Å². The van der Waals surface area contributed by atoms with Gasteiger partial charge in [-0.05, 0) is 0 Å². The largest absolute Gasteiger partial charge is 2.00 e. The van der Waals surface area contributed by atoms with Gasteiger partial charge in [0.1, 0.15) is 0 Å². The summed E-state index contributed by atoms with van der Waals surface area (Å²) in [4.78, 5) is 0. The molecule has 0 aromatic rings. The molecule has 3 nitrogen and oxygen atoms in total. The molecule has 2 aliphatic carbocycles. The molecule has 2 rings (SSSR count). The summed E-state index contributed by atoms with van der Waals surface area (Å²) in [5.41, 5.74) is 19.3. The monoisotopic (exact) mass is 373 g/mol. The summed E-state index contributed by atoms with van der Waals surface area (Å²) >= 11 is 0. The number of rotatable bonds is 0. The van der Waals surface area contributed by atoms with E-state index in [0.717, 1.165) is 18.5 Å². The van der Waals surface area contributed by atoms with Crippen LogP contribution in [0.4, 0.5) is 0 Å². The molecule has 0 unspecified atom stereocenters. The van der Waals surface area contributed by atoms with Crippen LogP contribution in [-0.2, 0) is 21.1 Å². The van der Waals surface area contributed by atoms with Crippen LogP contribution in [0.3, 0.4) is 0 Å². The second-order valence-electron chi connectivity index (χ2n) is 3.14. The quantitative estimate of drug-likeness (QED) is 0.552. The second-order valence-corrected chi connectivity index (χ2v) is 3.14. The van der Waals surface area contributed by atoms with Crippen molar-refractivity contribution >= 4 is 0 Å². The topological polar surface area (TPSA) is 78.1 Å². The van der Waals surface area contributed by atoms with Gasteiger partial charge < -0.3 is 17.2 Å². The van der Waals surface area contributed by atoms with Crippen molar-refractivity contribution in [3.63, 3.8) is 0 Å². The van der Waals surface area contributed by atoms with E-state index in [9.17, 15) is 0 Å². The van der Waals surface area contributed by atoms with Crippen LogP contribution in [0, 0.1) is 12.2 Å². The fraction of sp³-hybridized carbons (Fsp3) is 0.273. The van der Waals surface area contributed by atoms with E-state index in [1.165, 1.54) is 5.57 Å². The number of hydrogen-bond donors (Lipinski definition) is 3. The normalized spacial score (nSPS) is 17.7. The van der Waals surface area contributed by atoms with Gasteiger partial charge in [-0.3, -0.25) is 0 Å². The van der Waals surface area contributed by atoms with Crippen molar-refractivity contribution in [3.05, 3.63) is 47.0 Å². The van der Waals surface area contributed by atoms with E-state index in [0.29, 0.717) is 11.4 Å². The van der Waals surface area contributed by atoms with Gasteiger partial charge in [-0.25, -0.2) is 12.2 Å². The van der Waals surface area contributed by atoms with E-state index in [-0.39, 0.29) is 21.1 Å². The predicted octanol–water partition coefficient (Wildman–Crippen LogP) is 0.858. The summed E-state index contributed by atoms with van der Waals surface area (Å²) in [5.74, 6) is 0. The van der Waals surface area contributed by atoms with Crippen molar-refractivity contribution in [2.45, 2.75) is 19.8 Å². The zero-order valence-electron chi connectivity index (χ0n) is 8.71. The van der Waals surface area contributed by atoms with Crippen LogP contribution in [0.15, 0.2) is 34.8 Å². The van der Waals surface area contributed by atoms with Crippen LogP contribution in [0.2, 0.25) is 0 Å². The van der Waals surface area contributed by atoms with E-state index >= 15 is 0 Å². The molecule has 0 spiro atoms. The first kappa shape index (κ1) is 14.0. The molecule has 15 heavy (non-hydrogen) atoms. The molecule has 0 radical (unpaired) electrons. The first-order valence-electron chi connectivity index (χ1n) is 4.47. The van der Waals surface area contributed by atoms with Crippen LogP contribution < -0.4 is 17.2 Å². The Balaban J connectivity index is 0.000000245. The van der Waals surface area contributed by atoms with Crippen molar-refractivity contribution in [3.8, 4) is 0 Å². The molecule has 0 amide bonds. The average Bonchev–Trinajstić information content (AvgIpc) is 2.67.